The number of likely N-dealkylation sites (tertiary alicyclic amines) is 1. The van der Waals surface area contributed by atoms with Crippen LogP contribution in [0.25, 0.3) is 0 Å². The first kappa shape index (κ1) is 18.9. The Hall–Kier alpha value is -2.44. The van der Waals surface area contributed by atoms with E-state index in [0.717, 1.165) is 10.5 Å². The van der Waals surface area contributed by atoms with E-state index in [1.807, 2.05) is 18.2 Å². The van der Waals surface area contributed by atoms with Crippen LogP contribution in [0.15, 0.2) is 30.3 Å². The van der Waals surface area contributed by atoms with Crippen molar-refractivity contribution < 1.29 is 28.2 Å². The molecule has 0 saturated carbocycles. The first-order valence-electron chi connectivity index (χ1n) is 8.09. The van der Waals surface area contributed by atoms with Gasteiger partial charge in [-0.3, -0.25) is 4.90 Å². The molecular formula is C18H22FNO5. The molecule has 6 nitrogen and oxygen atoms in total. The lowest BCUT2D eigenvalue weighted by Crippen LogP contribution is -2.54. The van der Waals surface area contributed by atoms with Crippen LogP contribution in [0.4, 0.5) is 9.18 Å². The summed E-state index contributed by atoms with van der Waals surface area (Å²) < 4.78 is 24.1. The van der Waals surface area contributed by atoms with E-state index in [1.165, 1.54) is 14.0 Å². The monoisotopic (exact) mass is 351 g/mol. The number of carbonyl (C=O) groups excluding carboxylic acids is 3. The third kappa shape index (κ3) is 4.35. The smallest absolute Gasteiger partial charge is 0.411 e. The molecular weight excluding hydrogens is 329 g/mol. The van der Waals surface area contributed by atoms with E-state index in [2.05, 4.69) is 0 Å². The molecule has 1 aromatic carbocycles. The van der Waals surface area contributed by atoms with Crippen LogP contribution in [0.2, 0.25) is 0 Å². The summed E-state index contributed by atoms with van der Waals surface area (Å²) in [5.41, 5.74) is -0.729. The second-order valence-corrected chi connectivity index (χ2v) is 6.18. The minimum Gasteiger partial charge on any atom is -0.467 e. The van der Waals surface area contributed by atoms with Gasteiger partial charge < -0.3 is 14.3 Å². The maximum absolute atomic E-state index is 14.1. The van der Waals surface area contributed by atoms with Crippen molar-refractivity contribution in [1.29, 1.82) is 0 Å². The van der Waals surface area contributed by atoms with Crippen molar-refractivity contribution in [2.45, 2.75) is 44.5 Å². The number of hydrogen-bond donors (Lipinski definition) is 0. The topological polar surface area (TPSA) is 72.9 Å². The number of methoxy groups -OCH3 is 1. The minimum atomic E-state index is -1.51. The van der Waals surface area contributed by atoms with Crippen LogP contribution < -0.4 is 0 Å². The van der Waals surface area contributed by atoms with E-state index in [9.17, 15) is 18.8 Å². The molecule has 25 heavy (non-hydrogen) atoms. The Balaban J connectivity index is 2.17. The molecule has 7 heteroatoms. The van der Waals surface area contributed by atoms with Gasteiger partial charge in [-0.2, -0.15) is 0 Å². The fourth-order valence-corrected chi connectivity index (χ4v) is 3.07. The number of benzene rings is 1. The summed E-state index contributed by atoms with van der Waals surface area (Å²) >= 11 is 0. The van der Waals surface area contributed by atoms with Gasteiger partial charge in [0.1, 0.15) is 24.1 Å². The molecule has 2 atom stereocenters. The number of rotatable bonds is 6. The quantitative estimate of drug-likeness (QED) is 0.737. The number of esters is 1. The van der Waals surface area contributed by atoms with E-state index in [1.54, 1.807) is 12.1 Å². The maximum atomic E-state index is 14.1. The molecule has 1 aromatic rings. The Morgan fingerprint density at radius 1 is 1.28 bits per heavy atom. The molecule has 1 heterocycles. The molecule has 0 bridgehead atoms. The predicted octanol–water partition coefficient (Wildman–Crippen LogP) is 2.65. The Morgan fingerprint density at radius 3 is 2.56 bits per heavy atom. The molecule has 0 radical (unpaired) electrons. The van der Waals surface area contributed by atoms with Crippen molar-refractivity contribution in [3.8, 4) is 0 Å². The molecule has 0 aliphatic carbocycles. The van der Waals surface area contributed by atoms with Gasteiger partial charge >= 0.3 is 12.1 Å². The normalized spacial score (nSPS) is 22.5. The van der Waals surface area contributed by atoms with Gasteiger partial charge in [0.2, 0.25) is 0 Å². The molecule has 0 spiro atoms. The summed E-state index contributed by atoms with van der Waals surface area (Å²) in [4.78, 5) is 37.2. The van der Waals surface area contributed by atoms with Crippen molar-refractivity contribution in [2.75, 3.05) is 13.7 Å². The molecule has 2 rings (SSSR count). The highest BCUT2D eigenvalue weighted by Crippen LogP contribution is 2.37. The van der Waals surface area contributed by atoms with Gasteiger partial charge in [-0.05, 0) is 18.9 Å². The molecule has 1 saturated heterocycles. The zero-order valence-corrected chi connectivity index (χ0v) is 14.4. The van der Waals surface area contributed by atoms with E-state index in [0.29, 0.717) is 0 Å². The van der Waals surface area contributed by atoms with Gasteiger partial charge in [0.05, 0.1) is 13.7 Å². The van der Waals surface area contributed by atoms with Crippen molar-refractivity contribution >= 4 is 17.8 Å². The summed E-state index contributed by atoms with van der Waals surface area (Å²) in [5, 5.41) is 0. The Kier molecular flexibility index (Phi) is 6.12. The van der Waals surface area contributed by atoms with Crippen molar-refractivity contribution in [3.05, 3.63) is 35.9 Å². The fourth-order valence-electron chi connectivity index (χ4n) is 3.07. The van der Waals surface area contributed by atoms with Crippen LogP contribution in [0.5, 0.6) is 0 Å². The zero-order chi connectivity index (χ0) is 18.4. The van der Waals surface area contributed by atoms with Crippen LogP contribution in [-0.2, 0) is 25.7 Å². The highest BCUT2D eigenvalue weighted by atomic mass is 19.1. The summed E-state index contributed by atoms with van der Waals surface area (Å²) in [5.74, 6) is -0.881. The molecule has 0 aromatic heterocycles. The molecule has 1 fully saturated rings. The van der Waals surface area contributed by atoms with Crippen molar-refractivity contribution in [2.24, 2.45) is 0 Å². The summed E-state index contributed by atoms with van der Waals surface area (Å²) in [6, 6.07) is 9.03. The summed E-state index contributed by atoms with van der Waals surface area (Å²) in [6.45, 7) is 1.13. The van der Waals surface area contributed by atoms with E-state index in [-0.39, 0.29) is 38.2 Å². The number of amides is 1. The van der Waals surface area contributed by atoms with Gasteiger partial charge in [0, 0.05) is 12.8 Å². The van der Waals surface area contributed by atoms with Gasteiger partial charge in [-0.25, -0.2) is 14.0 Å². The highest BCUT2D eigenvalue weighted by Gasteiger charge is 2.55. The van der Waals surface area contributed by atoms with E-state index in [4.69, 9.17) is 9.47 Å². The van der Waals surface area contributed by atoms with Crippen LogP contribution in [0.3, 0.4) is 0 Å². The third-order valence-electron chi connectivity index (χ3n) is 4.34. The number of carbonyl (C=O) groups is 3. The molecule has 0 unspecified atom stereocenters. The fraction of sp³-hybridized carbons (Fsp3) is 0.500. The van der Waals surface area contributed by atoms with Gasteiger partial charge in [0.25, 0.3) is 0 Å². The molecule has 136 valence electrons. The molecule has 1 aliphatic heterocycles. The van der Waals surface area contributed by atoms with Gasteiger partial charge in [0.15, 0.2) is 0 Å². The van der Waals surface area contributed by atoms with Crippen LogP contribution in [0.1, 0.15) is 31.7 Å². The van der Waals surface area contributed by atoms with Crippen LogP contribution in [-0.4, -0.2) is 48.1 Å². The number of alkyl halides is 1. The number of Topliss-reactive ketones (excluding diaryl/α,β-unsaturated/α-hetero) is 1. The second-order valence-electron chi connectivity index (χ2n) is 6.18. The Labute approximate surface area is 145 Å². The molecule has 1 amide bonds. The predicted molar refractivity (Wildman–Crippen MR) is 87.5 cm³/mol. The Morgan fingerprint density at radius 2 is 1.96 bits per heavy atom. The molecule has 1 aliphatic rings. The summed E-state index contributed by atoms with van der Waals surface area (Å²) in [6.07, 6.45) is -2.32. The van der Waals surface area contributed by atoms with Gasteiger partial charge in [-0.15, -0.1) is 0 Å². The van der Waals surface area contributed by atoms with E-state index >= 15 is 0 Å². The van der Waals surface area contributed by atoms with Gasteiger partial charge in [-0.1, -0.05) is 30.3 Å². The van der Waals surface area contributed by atoms with E-state index < -0.39 is 23.8 Å². The van der Waals surface area contributed by atoms with Crippen LogP contribution in [0, 0.1) is 0 Å². The van der Waals surface area contributed by atoms with Crippen molar-refractivity contribution in [3.63, 3.8) is 0 Å². The SMILES string of the molecule is COC(=O)[C@@]1(CCC(C)=O)C[C@@H](F)CN1C(=O)OCc1ccccc1. The lowest BCUT2D eigenvalue weighted by molar-refractivity contribution is -0.153. The average Bonchev–Trinajstić information content (AvgIpc) is 2.96. The molecule has 0 N–H and O–H groups in total. The summed E-state index contributed by atoms with van der Waals surface area (Å²) in [7, 11) is 1.18. The number of halogens is 1. The lowest BCUT2D eigenvalue weighted by Gasteiger charge is -2.34. The zero-order valence-electron chi connectivity index (χ0n) is 14.4. The van der Waals surface area contributed by atoms with Crippen molar-refractivity contribution in [1.82, 2.24) is 4.90 Å². The number of ether oxygens (including phenoxy) is 2. The average molecular weight is 351 g/mol. The number of nitrogens with zero attached hydrogens (tertiary/aromatic N) is 1. The number of hydrogen-bond acceptors (Lipinski definition) is 5. The highest BCUT2D eigenvalue weighted by molar-refractivity contribution is 5.87. The number of ketones is 1. The standard InChI is InChI=1S/C18H22FNO5/c1-13(21)8-9-18(16(22)24-2)10-15(19)11-20(18)17(23)25-12-14-6-4-3-5-7-14/h3-7,15H,8-12H2,1-2H3/t15-,18-/m1/s1. The minimum absolute atomic E-state index is 0.00979. The maximum Gasteiger partial charge on any atom is 0.411 e. The first-order valence-corrected chi connectivity index (χ1v) is 8.09. The van der Waals surface area contributed by atoms with Crippen LogP contribution >= 0.6 is 0 Å². The largest absolute Gasteiger partial charge is 0.467 e. The lowest BCUT2D eigenvalue weighted by atomic mass is 9.89. The first-order chi connectivity index (χ1) is 11.9. The third-order valence-corrected chi connectivity index (χ3v) is 4.34. The second kappa shape index (κ2) is 8.09. The Bertz CT molecular complexity index is 636.